The molecular formula is C9H8FN. The summed E-state index contributed by atoms with van der Waals surface area (Å²) in [7, 11) is 0. The third kappa shape index (κ3) is 1.11. The van der Waals surface area contributed by atoms with Crippen LogP contribution in [0, 0.1) is 0 Å². The lowest BCUT2D eigenvalue weighted by Gasteiger charge is -2.15. The SMILES string of the molecule is FN1C=Cc2ccccc2C1. The van der Waals surface area contributed by atoms with Gasteiger partial charge in [0.25, 0.3) is 0 Å². The van der Waals surface area contributed by atoms with Crippen LogP contribution in [-0.2, 0) is 6.54 Å². The Morgan fingerprint density at radius 1 is 1.27 bits per heavy atom. The number of halogens is 1. The van der Waals surface area contributed by atoms with Crippen molar-refractivity contribution in [2.45, 2.75) is 6.54 Å². The lowest BCUT2D eigenvalue weighted by molar-refractivity contribution is 0.0794. The smallest absolute Gasteiger partial charge is 0.0755 e. The molecule has 56 valence electrons. The van der Waals surface area contributed by atoms with Crippen molar-refractivity contribution in [3.05, 3.63) is 41.6 Å². The number of hydrogen-bond donors (Lipinski definition) is 0. The number of nitrogens with zero attached hydrogens (tertiary/aromatic N) is 1. The minimum Gasteiger partial charge on any atom is -0.215 e. The molecule has 0 aromatic heterocycles. The van der Waals surface area contributed by atoms with Crippen LogP contribution >= 0.6 is 0 Å². The van der Waals surface area contributed by atoms with Gasteiger partial charge in [-0.05, 0) is 17.2 Å². The van der Waals surface area contributed by atoms with Crippen molar-refractivity contribution in [1.29, 1.82) is 0 Å². The van der Waals surface area contributed by atoms with Gasteiger partial charge in [-0.2, -0.15) is 0 Å². The van der Waals surface area contributed by atoms with Gasteiger partial charge in [-0.1, -0.05) is 24.3 Å². The second-order valence-electron chi connectivity index (χ2n) is 2.57. The van der Waals surface area contributed by atoms with Crippen molar-refractivity contribution in [2.75, 3.05) is 0 Å². The van der Waals surface area contributed by atoms with E-state index in [1.807, 2.05) is 24.3 Å². The molecule has 0 radical (unpaired) electrons. The van der Waals surface area contributed by atoms with E-state index in [2.05, 4.69) is 0 Å². The standard InChI is InChI=1S/C9H8FN/c10-11-6-5-8-3-1-2-4-9(8)7-11/h1-6H,7H2. The Labute approximate surface area is 64.7 Å². The van der Waals surface area contributed by atoms with E-state index >= 15 is 0 Å². The molecule has 0 aliphatic carbocycles. The molecule has 0 N–H and O–H groups in total. The Balaban J connectivity index is 2.46. The highest BCUT2D eigenvalue weighted by molar-refractivity contribution is 5.55. The summed E-state index contributed by atoms with van der Waals surface area (Å²) in [5, 5.41) is 0.683. The van der Waals surface area contributed by atoms with E-state index in [1.165, 1.54) is 6.20 Å². The zero-order chi connectivity index (χ0) is 7.68. The quantitative estimate of drug-likeness (QED) is 0.512. The normalized spacial score (nSPS) is 14.8. The number of hydrogen-bond acceptors (Lipinski definition) is 1. The minimum absolute atomic E-state index is 0.368. The Hall–Kier alpha value is -1.31. The fourth-order valence-corrected chi connectivity index (χ4v) is 1.22. The maximum Gasteiger partial charge on any atom is 0.0755 e. The first-order chi connectivity index (χ1) is 5.36. The summed E-state index contributed by atoms with van der Waals surface area (Å²) >= 11 is 0. The summed E-state index contributed by atoms with van der Waals surface area (Å²) in [6.07, 6.45) is 3.22. The third-order valence-electron chi connectivity index (χ3n) is 1.79. The molecule has 1 nitrogen and oxygen atoms in total. The maximum atomic E-state index is 12.6. The van der Waals surface area contributed by atoms with Crippen LogP contribution in [0.5, 0.6) is 0 Å². The van der Waals surface area contributed by atoms with Crippen molar-refractivity contribution >= 4 is 6.08 Å². The molecule has 11 heavy (non-hydrogen) atoms. The van der Waals surface area contributed by atoms with Crippen LogP contribution in [0.15, 0.2) is 30.5 Å². The molecule has 2 heteroatoms. The lowest BCUT2D eigenvalue weighted by Crippen LogP contribution is -2.09. The van der Waals surface area contributed by atoms with Crippen molar-refractivity contribution in [1.82, 2.24) is 5.12 Å². The molecule has 0 fully saturated rings. The van der Waals surface area contributed by atoms with Crippen molar-refractivity contribution in [3.8, 4) is 0 Å². The molecule has 0 unspecified atom stereocenters. The van der Waals surface area contributed by atoms with Crippen molar-refractivity contribution in [3.63, 3.8) is 0 Å². The second-order valence-corrected chi connectivity index (χ2v) is 2.57. The highest BCUT2D eigenvalue weighted by Crippen LogP contribution is 2.18. The largest absolute Gasteiger partial charge is 0.215 e. The predicted octanol–water partition coefficient (Wildman–Crippen LogP) is 2.36. The van der Waals surface area contributed by atoms with Gasteiger partial charge in [-0.25, -0.2) is 5.12 Å². The van der Waals surface area contributed by atoms with Crippen molar-refractivity contribution < 1.29 is 4.48 Å². The predicted molar refractivity (Wildman–Crippen MR) is 42.1 cm³/mol. The minimum atomic E-state index is 0.368. The summed E-state index contributed by atoms with van der Waals surface area (Å²) in [5.41, 5.74) is 2.15. The maximum absolute atomic E-state index is 12.6. The van der Waals surface area contributed by atoms with E-state index in [9.17, 15) is 4.48 Å². The molecular weight excluding hydrogens is 141 g/mol. The average molecular weight is 149 g/mol. The topological polar surface area (TPSA) is 3.24 Å². The first-order valence-electron chi connectivity index (χ1n) is 3.55. The Bertz CT molecular complexity index is 293. The van der Waals surface area contributed by atoms with E-state index in [1.54, 1.807) is 6.08 Å². The van der Waals surface area contributed by atoms with Gasteiger partial charge in [0.15, 0.2) is 0 Å². The van der Waals surface area contributed by atoms with E-state index < -0.39 is 0 Å². The summed E-state index contributed by atoms with van der Waals surface area (Å²) in [6, 6.07) is 7.80. The highest BCUT2D eigenvalue weighted by Gasteiger charge is 2.07. The molecule has 1 aromatic carbocycles. The van der Waals surface area contributed by atoms with E-state index in [-0.39, 0.29) is 0 Å². The van der Waals surface area contributed by atoms with Crippen LogP contribution in [0.2, 0.25) is 0 Å². The molecule has 0 atom stereocenters. The molecule has 0 amide bonds. The zero-order valence-electron chi connectivity index (χ0n) is 6.00. The van der Waals surface area contributed by atoms with Crippen LogP contribution in [0.25, 0.3) is 6.08 Å². The molecule has 1 aliphatic heterocycles. The van der Waals surface area contributed by atoms with E-state index in [0.29, 0.717) is 11.7 Å². The van der Waals surface area contributed by atoms with Gasteiger partial charge in [0, 0.05) is 6.20 Å². The van der Waals surface area contributed by atoms with Gasteiger partial charge < -0.3 is 0 Å². The fraction of sp³-hybridized carbons (Fsp3) is 0.111. The third-order valence-corrected chi connectivity index (χ3v) is 1.79. The van der Waals surface area contributed by atoms with Gasteiger partial charge in [0.2, 0.25) is 0 Å². The first kappa shape index (κ1) is 6.40. The number of fused-ring (bicyclic) bond motifs is 1. The van der Waals surface area contributed by atoms with Crippen LogP contribution < -0.4 is 0 Å². The van der Waals surface area contributed by atoms with Gasteiger partial charge in [-0.15, -0.1) is 4.48 Å². The molecule has 1 aliphatic rings. The number of benzene rings is 1. The summed E-state index contributed by atoms with van der Waals surface area (Å²) < 4.78 is 12.6. The zero-order valence-corrected chi connectivity index (χ0v) is 6.00. The van der Waals surface area contributed by atoms with E-state index in [0.717, 1.165) is 11.1 Å². The van der Waals surface area contributed by atoms with Crippen LogP contribution in [0.3, 0.4) is 0 Å². The molecule has 0 saturated heterocycles. The van der Waals surface area contributed by atoms with Crippen LogP contribution in [-0.4, -0.2) is 5.12 Å². The van der Waals surface area contributed by atoms with Gasteiger partial charge in [0.1, 0.15) is 0 Å². The van der Waals surface area contributed by atoms with Crippen LogP contribution in [0.4, 0.5) is 4.48 Å². The van der Waals surface area contributed by atoms with Gasteiger partial charge in [-0.3, -0.25) is 0 Å². The molecule has 0 spiro atoms. The summed E-state index contributed by atoms with van der Waals surface area (Å²) in [6.45, 7) is 0.368. The first-order valence-corrected chi connectivity index (χ1v) is 3.55. The highest BCUT2D eigenvalue weighted by atomic mass is 19.2. The van der Waals surface area contributed by atoms with Gasteiger partial charge >= 0.3 is 0 Å². The molecule has 1 heterocycles. The Morgan fingerprint density at radius 3 is 3.00 bits per heavy atom. The average Bonchev–Trinajstić information content (AvgIpc) is 2.04. The lowest BCUT2D eigenvalue weighted by atomic mass is 10.1. The van der Waals surface area contributed by atoms with Crippen LogP contribution in [0.1, 0.15) is 11.1 Å². The Kier molecular flexibility index (Phi) is 1.39. The van der Waals surface area contributed by atoms with Crippen molar-refractivity contribution in [2.24, 2.45) is 0 Å². The number of rotatable bonds is 0. The molecule has 2 rings (SSSR count). The fourth-order valence-electron chi connectivity index (χ4n) is 1.22. The summed E-state index contributed by atoms with van der Waals surface area (Å²) in [5.74, 6) is 0. The molecule has 1 aromatic rings. The second kappa shape index (κ2) is 2.38. The monoisotopic (exact) mass is 149 g/mol. The molecule has 0 saturated carbocycles. The van der Waals surface area contributed by atoms with Gasteiger partial charge in [0.05, 0.1) is 6.54 Å². The van der Waals surface area contributed by atoms with E-state index in [4.69, 9.17) is 0 Å². The summed E-state index contributed by atoms with van der Waals surface area (Å²) in [4.78, 5) is 0. The Morgan fingerprint density at radius 2 is 2.09 bits per heavy atom. The molecule has 0 bridgehead atoms.